The molecule has 0 saturated carbocycles. The number of ether oxygens (including phenoxy) is 1. The van der Waals surface area contributed by atoms with E-state index in [1.165, 1.54) is 12.4 Å². The summed E-state index contributed by atoms with van der Waals surface area (Å²) in [6.45, 7) is 5.35. The summed E-state index contributed by atoms with van der Waals surface area (Å²) >= 11 is 6.37. The molecule has 3 heterocycles. The Bertz CT molecular complexity index is 1540. The van der Waals surface area contributed by atoms with Crippen molar-refractivity contribution in [3.05, 3.63) is 82.4 Å². The van der Waals surface area contributed by atoms with Gasteiger partial charge < -0.3 is 15.0 Å². The number of halogens is 4. The monoisotopic (exact) mass is 540 g/mol. The molecule has 0 bridgehead atoms. The Morgan fingerprint density at radius 3 is 2.61 bits per heavy atom. The van der Waals surface area contributed by atoms with Crippen LogP contribution in [0.1, 0.15) is 42.2 Å². The predicted molar refractivity (Wildman–Crippen MR) is 140 cm³/mol. The summed E-state index contributed by atoms with van der Waals surface area (Å²) in [5.41, 5.74) is 1.60. The van der Waals surface area contributed by atoms with Crippen LogP contribution in [0.3, 0.4) is 0 Å². The summed E-state index contributed by atoms with van der Waals surface area (Å²) < 4.78 is 48.7. The standard InChI is InChI=1S/C28H24ClF3N4O2/c1-3-36(4-2)27-18(28(37)35-21-9-10-38-22-8-6-5-7-16(21)22)13-33-25-23(19(29)14-34-26(25)27)17-11-15(30)12-20(31)24(17)32/h5-8,11-14,21H,3-4,9-10H2,1-2H3,(H,35,37)/t21-/m0/s1. The number of amides is 1. The molecule has 0 unspecified atom stereocenters. The van der Waals surface area contributed by atoms with Gasteiger partial charge in [-0.15, -0.1) is 0 Å². The van der Waals surface area contributed by atoms with Crippen molar-refractivity contribution in [2.45, 2.75) is 26.3 Å². The molecular formula is C28H24ClF3N4O2. The molecule has 2 aromatic heterocycles. The zero-order valence-electron chi connectivity index (χ0n) is 20.7. The lowest BCUT2D eigenvalue weighted by molar-refractivity contribution is 0.0925. The number of anilines is 1. The second-order valence-electron chi connectivity index (χ2n) is 8.82. The number of rotatable bonds is 6. The molecule has 6 nitrogen and oxygen atoms in total. The maximum absolute atomic E-state index is 14.8. The molecule has 38 heavy (non-hydrogen) atoms. The SMILES string of the molecule is CCN(CC)c1c(C(=O)N[C@H]2CCOc3ccccc32)cnc2c(-c3cc(F)cc(F)c3F)c(Cl)cnc12. The second kappa shape index (κ2) is 10.5. The molecule has 5 rings (SSSR count). The maximum Gasteiger partial charge on any atom is 0.255 e. The zero-order chi connectivity index (χ0) is 27.0. The number of nitrogens with zero attached hydrogens (tertiary/aromatic N) is 3. The molecule has 0 saturated heterocycles. The number of aromatic nitrogens is 2. The van der Waals surface area contributed by atoms with Crippen LogP contribution in [0.5, 0.6) is 5.75 Å². The summed E-state index contributed by atoms with van der Waals surface area (Å²) in [4.78, 5) is 24.4. The fraction of sp³-hybridized carbons (Fsp3) is 0.250. The molecule has 1 atom stereocenters. The van der Waals surface area contributed by atoms with Crippen molar-refractivity contribution in [3.8, 4) is 16.9 Å². The van der Waals surface area contributed by atoms with Crippen LogP contribution in [0.4, 0.5) is 18.9 Å². The third-order valence-electron chi connectivity index (χ3n) is 6.66. The molecule has 2 aromatic carbocycles. The van der Waals surface area contributed by atoms with E-state index in [1.807, 2.05) is 43.0 Å². The summed E-state index contributed by atoms with van der Waals surface area (Å²) in [6.07, 6.45) is 3.23. The van der Waals surface area contributed by atoms with Gasteiger partial charge in [0.2, 0.25) is 0 Å². The minimum absolute atomic E-state index is 0.00807. The summed E-state index contributed by atoms with van der Waals surface area (Å²) in [5, 5.41) is 3.05. The Labute approximate surface area is 222 Å². The quantitative estimate of drug-likeness (QED) is 0.284. The fourth-order valence-electron chi connectivity index (χ4n) is 4.84. The van der Waals surface area contributed by atoms with E-state index in [1.54, 1.807) is 0 Å². The lowest BCUT2D eigenvalue weighted by Gasteiger charge is -2.28. The number of hydrogen-bond donors (Lipinski definition) is 1. The van der Waals surface area contributed by atoms with Crippen molar-refractivity contribution in [2.75, 3.05) is 24.6 Å². The van der Waals surface area contributed by atoms with Gasteiger partial charge in [0.1, 0.15) is 22.6 Å². The van der Waals surface area contributed by atoms with Crippen molar-refractivity contribution in [1.29, 1.82) is 0 Å². The highest BCUT2D eigenvalue weighted by Crippen LogP contribution is 2.40. The number of hydrogen-bond acceptors (Lipinski definition) is 5. The normalized spacial score (nSPS) is 14.6. The van der Waals surface area contributed by atoms with Crippen LogP contribution in [0.25, 0.3) is 22.2 Å². The van der Waals surface area contributed by atoms with Crippen LogP contribution in [-0.4, -0.2) is 35.6 Å². The predicted octanol–water partition coefficient (Wildman–Crippen LogP) is 6.47. The van der Waals surface area contributed by atoms with Gasteiger partial charge in [-0.1, -0.05) is 29.8 Å². The van der Waals surface area contributed by atoms with Crippen LogP contribution in [0.15, 0.2) is 48.8 Å². The van der Waals surface area contributed by atoms with Crippen molar-refractivity contribution in [1.82, 2.24) is 15.3 Å². The highest BCUT2D eigenvalue weighted by Gasteiger charge is 2.28. The van der Waals surface area contributed by atoms with Gasteiger partial charge in [-0.25, -0.2) is 13.2 Å². The lowest BCUT2D eigenvalue weighted by atomic mass is 9.99. The molecule has 0 radical (unpaired) electrons. The van der Waals surface area contributed by atoms with Crippen molar-refractivity contribution < 1.29 is 22.7 Å². The van der Waals surface area contributed by atoms with E-state index in [4.69, 9.17) is 16.3 Å². The molecule has 1 amide bonds. The Morgan fingerprint density at radius 1 is 1.11 bits per heavy atom. The average molecular weight is 541 g/mol. The smallest absolute Gasteiger partial charge is 0.255 e. The fourth-order valence-corrected chi connectivity index (χ4v) is 5.08. The molecule has 1 aliphatic rings. The lowest BCUT2D eigenvalue weighted by Crippen LogP contribution is -2.34. The van der Waals surface area contributed by atoms with E-state index in [0.717, 1.165) is 17.4 Å². The first-order valence-electron chi connectivity index (χ1n) is 12.2. The molecule has 1 aliphatic heterocycles. The highest BCUT2D eigenvalue weighted by molar-refractivity contribution is 6.34. The number of benzene rings is 2. The van der Waals surface area contributed by atoms with Crippen LogP contribution in [0, 0.1) is 17.5 Å². The number of nitrogens with one attached hydrogen (secondary N) is 1. The van der Waals surface area contributed by atoms with Gasteiger partial charge >= 0.3 is 0 Å². The number of carbonyl (C=O) groups excluding carboxylic acids is 1. The first kappa shape index (κ1) is 25.8. The number of carbonyl (C=O) groups is 1. The van der Waals surface area contributed by atoms with Crippen LogP contribution >= 0.6 is 11.6 Å². The Kier molecular flexibility index (Phi) is 7.12. The van der Waals surface area contributed by atoms with Crippen LogP contribution in [-0.2, 0) is 0 Å². The molecule has 10 heteroatoms. The van der Waals surface area contributed by atoms with Gasteiger partial charge in [0, 0.05) is 54.7 Å². The largest absolute Gasteiger partial charge is 0.493 e. The van der Waals surface area contributed by atoms with Crippen LogP contribution in [0.2, 0.25) is 5.02 Å². The van der Waals surface area contributed by atoms with E-state index in [-0.39, 0.29) is 44.7 Å². The maximum atomic E-state index is 14.8. The minimum atomic E-state index is -1.35. The molecule has 1 N–H and O–H groups in total. The zero-order valence-corrected chi connectivity index (χ0v) is 21.5. The summed E-state index contributed by atoms with van der Waals surface area (Å²) in [7, 11) is 0. The summed E-state index contributed by atoms with van der Waals surface area (Å²) in [6, 6.07) is 8.57. The third-order valence-corrected chi connectivity index (χ3v) is 6.95. The van der Waals surface area contributed by atoms with E-state index < -0.39 is 17.5 Å². The second-order valence-corrected chi connectivity index (χ2v) is 9.23. The molecular weight excluding hydrogens is 517 g/mol. The number of fused-ring (bicyclic) bond motifs is 2. The van der Waals surface area contributed by atoms with Gasteiger partial charge in [0.15, 0.2) is 11.6 Å². The third kappa shape index (κ3) is 4.51. The Morgan fingerprint density at radius 2 is 1.84 bits per heavy atom. The van der Waals surface area contributed by atoms with Crippen LogP contribution < -0.4 is 15.0 Å². The van der Waals surface area contributed by atoms with Gasteiger partial charge in [-0.3, -0.25) is 14.8 Å². The van der Waals surface area contributed by atoms with Crippen molar-refractivity contribution in [2.24, 2.45) is 0 Å². The molecule has 4 aromatic rings. The van der Waals surface area contributed by atoms with Gasteiger partial charge in [0.05, 0.1) is 28.9 Å². The first-order valence-corrected chi connectivity index (χ1v) is 12.6. The van der Waals surface area contributed by atoms with Crippen molar-refractivity contribution in [3.63, 3.8) is 0 Å². The first-order chi connectivity index (χ1) is 18.3. The van der Waals surface area contributed by atoms with Gasteiger partial charge in [-0.2, -0.15) is 0 Å². The molecule has 196 valence electrons. The van der Waals surface area contributed by atoms with E-state index >= 15 is 0 Å². The molecule has 0 fully saturated rings. The average Bonchev–Trinajstić information content (AvgIpc) is 2.91. The van der Waals surface area contributed by atoms with E-state index in [0.29, 0.717) is 37.9 Å². The highest BCUT2D eigenvalue weighted by atomic mass is 35.5. The van der Waals surface area contributed by atoms with Crippen molar-refractivity contribution >= 4 is 34.2 Å². The minimum Gasteiger partial charge on any atom is -0.493 e. The Hall–Kier alpha value is -3.85. The number of para-hydroxylation sites is 1. The molecule has 0 spiro atoms. The Balaban J connectivity index is 1.67. The van der Waals surface area contributed by atoms with Gasteiger partial charge in [0.25, 0.3) is 5.91 Å². The summed E-state index contributed by atoms with van der Waals surface area (Å²) in [5.74, 6) is -3.22. The van der Waals surface area contributed by atoms with Gasteiger partial charge in [-0.05, 0) is 26.0 Å². The van der Waals surface area contributed by atoms with E-state index in [2.05, 4.69) is 15.3 Å². The topological polar surface area (TPSA) is 67.4 Å². The number of pyridine rings is 2. The molecule has 0 aliphatic carbocycles. The van der Waals surface area contributed by atoms with E-state index in [9.17, 15) is 18.0 Å².